The van der Waals surface area contributed by atoms with E-state index < -0.39 is 17.7 Å². The highest BCUT2D eigenvalue weighted by Gasteiger charge is 2.21. The Morgan fingerprint density at radius 2 is 2.11 bits per heavy atom. The number of halogens is 2. The van der Waals surface area contributed by atoms with E-state index in [0.717, 1.165) is 6.07 Å². The summed E-state index contributed by atoms with van der Waals surface area (Å²) in [7, 11) is 0. The minimum atomic E-state index is -0.747. The number of carbonyl (C=O) groups is 1. The van der Waals surface area contributed by atoms with Crippen molar-refractivity contribution in [2.24, 2.45) is 10.8 Å². The van der Waals surface area contributed by atoms with E-state index in [1.807, 2.05) is 5.43 Å². The molecule has 0 fully saturated rings. The van der Waals surface area contributed by atoms with Crippen molar-refractivity contribution >= 4 is 11.8 Å². The van der Waals surface area contributed by atoms with Gasteiger partial charge in [-0.2, -0.15) is 0 Å². The molecule has 0 saturated heterocycles. The Morgan fingerprint density at radius 1 is 1.42 bits per heavy atom. The molecular weight excluding hydrogens is 256 g/mol. The fourth-order valence-electron chi connectivity index (χ4n) is 1.96. The molecule has 1 atom stereocenters. The van der Waals surface area contributed by atoms with Gasteiger partial charge < -0.3 is 4.74 Å². The number of hydrogen-bond acceptors (Lipinski definition) is 4. The van der Waals surface area contributed by atoms with Gasteiger partial charge in [0.1, 0.15) is 18.2 Å². The first kappa shape index (κ1) is 13.4. The number of rotatable bonds is 3. The smallest absolute Gasteiger partial charge is 0.421 e. The molecular formula is C12H13F2N3O2. The molecule has 1 aliphatic rings. The summed E-state index contributed by atoms with van der Waals surface area (Å²) in [5.41, 5.74) is 2.98. The van der Waals surface area contributed by atoms with Gasteiger partial charge >= 0.3 is 6.09 Å². The van der Waals surface area contributed by atoms with Crippen LogP contribution in [0.1, 0.15) is 24.4 Å². The molecule has 0 aliphatic carbocycles. The van der Waals surface area contributed by atoms with Crippen molar-refractivity contribution in [1.82, 2.24) is 5.43 Å². The highest BCUT2D eigenvalue weighted by atomic mass is 19.1. The zero-order valence-electron chi connectivity index (χ0n) is 10.0. The van der Waals surface area contributed by atoms with Gasteiger partial charge in [-0.3, -0.25) is 10.4 Å². The van der Waals surface area contributed by atoms with E-state index in [9.17, 15) is 13.6 Å². The van der Waals surface area contributed by atoms with Crippen LogP contribution in [-0.2, 0) is 4.74 Å². The van der Waals surface area contributed by atoms with Gasteiger partial charge in [-0.25, -0.2) is 19.4 Å². The lowest BCUT2D eigenvalue weighted by molar-refractivity contribution is 0.161. The van der Waals surface area contributed by atoms with Gasteiger partial charge in [0.2, 0.25) is 0 Å². The van der Waals surface area contributed by atoms with Crippen LogP contribution in [0, 0.1) is 11.6 Å². The predicted octanol–water partition coefficient (Wildman–Crippen LogP) is 1.84. The van der Waals surface area contributed by atoms with Gasteiger partial charge in [0, 0.05) is 6.07 Å². The molecule has 0 saturated carbocycles. The molecule has 1 heterocycles. The molecule has 7 heteroatoms. The third-order valence-electron chi connectivity index (χ3n) is 2.80. The topological polar surface area (TPSA) is 76.7 Å². The van der Waals surface area contributed by atoms with Crippen LogP contribution in [0.15, 0.2) is 23.2 Å². The quantitative estimate of drug-likeness (QED) is 0.499. The Hall–Kier alpha value is -2.02. The van der Waals surface area contributed by atoms with Gasteiger partial charge in [-0.05, 0) is 30.5 Å². The summed E-state index contributed by atoms with van der Waals surface area (Å²) in [4.78, 5) is 15.1. The molecule has 3 N–H and O–H groups in total. The van der Waals surface area contributed by atoms with E-state index in [4.69, 9.17) is 10.6 Å². The molecule has 2 rings (SSSR count). The number of benzene rings is 1. The number of aliphatic imine (C=N–C) groups is 1. The monoisotopic (exact) mass is 269 g/mol. The zero-order valence-corrected chi connectivity index (χ0v) is 10.0. The maximum absolute atomic E-state index is 13.1. The van der Waals surface area contributed by atoms with Crippen molar-refractivity contribution in [3.8, 4) is 0 Å². The lowest BCUT2D eigenvalue weighted by Crippen LogP contribution is -2.31. The predicted molar refractivity (Wildman–Crippen MR) is 64.4 cm³/mol. The van der Waals surface area contributed by atoms with E-state index in [-0.39, 0.29) is 12.6 Å². The SMILES string of the molecule is NNC(=O)OCC1=NC(c2cc(F)cc(F)c2)CC1. The molecule has 1 unspecified atom stereocenters. The van der Waals surface area contributed by atoms with E-state index in [1.54, 1.807) is 0 Å². The van der Waals surface area contributed by atoms with Crippen LogP contribution in [-0.4, -0.2) is 18.4 Å². The van der Waals surface area contributed by atoms with Crippen molar-refractivity contribution in [2.45, 2.75) is 18.9 Å². The number of nitrogens with one attached hydrogen (secondary N) is 1. The van der Waals surface area contributed by atoms with Crippen molar-refractivity contribution in [3.63, 3.8) is 0 Å². The number of ether oxygens (including phenoxy) is 1. The molecule has 1 aromatic carbocycles. The molecule has 5 nitrogen and oxygen atoms in total. The lowest BCUT2D eigenvalue weighted by atomic mass is 10.0. The zero-order chi connectivity index (χ0) is 13.8. The van der Waals surface area contributed by atoms with Crippen LogP contribution in [0.4, 0.5) is 13.6 Å². The number of nitrogens with two attached hydrogens (primary N) is 1. The number of nitrogens with zero attached hydrogens (tertiary/aromatic N) is 1. The van der Waals surface area contributed by atoms with Crippen molar-refractivity contribution in [3.05, 3.63) is 35.4 Å². The van der Waals surface area contributed by atoms with E-state index in [2.05, 4.69) is 4.99 Å². The van der Waals surface area contributed by atoms with Gasteiger partial charge in [0.25, 0.3) is 0 Å². The van der Waals surface area contributed by atoms with Crippen molar-refractivity contribution in [2.75, 3.05) is 6.61 Å². The summed E-state index contributed by atoms with van der Waals surface area (Å²) in [6.45, 7) is 0.0251. The molecule has 102 valence electrons. The van der Waals surface area contributed by atoms with Crippen molar-refractivity contribution in [1.29, 1.82) is 0 Å². The van der Waals surface area contributed by atoms with Crippen LogP contribution in [0.3, 0.4) is 0 Å². The molecule has 1 aliphatic heterocycles. The summed E-state index contributed by atoms with van der Waals surface area (Å²) >= 11 is 0. The van der Waals surface area contributed by atoms with Crippen LogP contribution in [0.5, 0.6) is 0 Å². The van der Waals surface area contributed by atoms with Crippen molar-refractivity contribution < 1.29 is 18.3 Å². The average Bonchev–Trinajstić information content (AvgIpc) is 2.83. The van der Waals surface area contributed by atoms with E-state index >= 15 is 0 Å². The van der Waals surface area contributed by atoms with Gasteiger partial charge in [-0.1, -0.05) is 0 Å². The normalized spacial score (nSPS) is 18.1. The summed E-state index contributed by atoms with van der Waals surface area (Å²) in [5, 5.41) is 0. The highest BCUT2D eigenvalue weighted by molar-refractivity contribution is 5.88. The molecule has 1 amide bonds. The second kappa shape index (κ2) is 5.75. The minimum absolute atomic E-state index is 0.0251. The van der Waals surface area contributed by atoms with Crippen LogP contribution in [0.25, 0.3) is 0 Å². The second-order valence-corrected chi connectivity index (χ2v) is 4.17. The first-order chi connectivity index (χ1) is 9.08. The summed E-state index contributed by atoms with van der Waals surface area (Å²) in [5.74, 6) is 3.61. The minimum Gasteiger partial charge on any atom is -0.442 e. The Kier molecular flexibility index (Phi) is 4.06. The van der Waals surface area contributed by atoms with Crippen LogP contribution in [0.2, 0.25) is 0 Å². The maximum atomic E-state index is 13.1. The Balaban J connectivity index is 2.03. The number of hydrogen-bond donors (Lipinski definition) is 2. The molecule has 1 aromatic rings. The third kappa shape index (κ3) is 3.47. The van der Waals surface area contributed by atoms with Gasteiger partial charge in [-0.15, -0.1) is 0 Å². The van der Waals surface area contributed by atoms with Gasteiger partial charge in [0.05, 0.1) is 11.8 Å². The first-order valence-electron chi connectivity index (χ1n) is 5.73. The standard InChI is InChI=1S/C12H13F2N3O2/c13-8-3-7(4-9(14)5-8)11-2-1-10(16-11)6-19-12(18)17-15/h3-5,11H,1-2,6,15H2,(H,17,18). The molecule has 0 radical (unpaired) electrons. The Bertz CT molecular complexity index is 499. The lowest BCUT2D eigenvalue weighted by Gasteiger charge is -2.07. The molecule has 0 aromatic heterocycles. The fraction of sp³-hybridized carbons (Fsp3) is 0.333. The number of amides is 1. The summed E-state index contributed by atoms with van der Waals surface area (Å²) in [6, 6.07) is 3.03. The van der Waals surface area contributed by atoms with Crippen LogP contribution >= 0.6 is 0 Å². The molecule has 19 heavy (non-hydrogen) atoms. The third-order valence-corrected chi connectivity index (χ3v) is 2.80. The highest BCUT2D eigenvalue weighted by Crippen LogP contribution is 2.29. The first-order valence-corrected chi connectivity index (χ1v) is 5.73. The largest absolute Gasteiger partial charge is 0.442 e. The van der Waals surface area contributed by atoms with Gasteiger partial charge in [0.15, 0.2) is 0 Å². The molecule has 0 spiro atoms. The Labute approximate surface area is 108 Å². The summed E-state index contributed by atoms with van der Waals surface area (Å²) < 4.78 is 30.9. The second-order valence-electron chi connectivity index (χ2n) is 4.17. The Morgan fingerprint density at radius 3 is 2.74 bits per heavy atom. The van der Waals surface area contributed by atoms with Crippen LogP contribution < -0.4 is 11.3 Å². The number of hydrazine groups is 1. The summed E-state index contributed by atoms with van der Waals surface area (Å²) in [6.07, 6.45) is 0.495. The van der Waals surface area contributed by atoms with E-state index in [0.29, 0.717) is 24.1 Å². The number of carbonyl (C=O) groups excluding carboxylic acids is 1. The van der Waals surface area contributed by atoms with E-state index in [1.165, 1.54) is 12.1 Å². The molecule has 0 bridgehead atoms. The fourth-order valence-corrected chi connectivity index (χ4v) is 1.96. The average molecular weight is 269 g/mol. The maximum Gasteiger partial charge on any atom is 0.421 e.